The molecule has 0 aliphatic carbocycles. The molecule has 0 bridgehead atoms. The lowest BCUT2D eigenvalue weighted by Gasteiger charge is -2.24. The third kappa shape index (κ3) is 11.4. The van der Waals surface area contributed by atoms with Gasteiger partial charge in [0.05, 0.1) is 5.56 Å². The zero-order valence-corrected chi connectivity index (χ0v) is 23.0. The molecule has 0 saturated heterocycles. The third-order valence-corrected chi connectivity index (χ3v) is 5.83. The van der Waals surface area contributed by atoms with E-state index in [0.717, 1.165) is 5.56 Å². The summed E-state index contributed by atoms with van der Waals surface area (Å²) in [7, 11) is -2.12. The number of unbranched alkanes of at least 4 members (excludes halogenated alkanes) is 1. The maximum Gasteiger partial charge on any atom is 0.635 e. The van der Waals surface area contributed by atoms with Crippen LogP contribution in [0.15, 0.2) is 60.4 Å². The lowest BCUT2D eigenvalue weighted by molar-refractivity contribution is -0.126. The number of benzene rings is 1. The van der Waals surface area contributed by atoms with Gasteiger partial charge in [0.15, 0.2) is 0 Å². The number of aromatic nitrogens is 1. The summed E-state index contributed by atoms with van der Waals surface area (Å²) in [6.45, 7) is 5.77. The second-order valence-electron chi connectivity index (χ2n) is 9.55. The van der Waals surface area contributed by atoms with Crippen molar-refractivity contribution >= 4 is 25.0 Å². The van der Waals surface area contributed by atoms with Gasteiger partial charge in [0.1, 0.15) is 23.9 Å². The van der Waals surface area contributed by atoms with Crippen LogP contribution < -0.4 is 16.0 Å². The fourth-order valence-corrected chi connectivity index (χ4v) is 3.84. The van der Waals surface area contributed by atoms with Crippen LogP contribution in [0, 0.1) is 24.2 Å². The highest BCUT2D eigenvalue weighted by Gasteiger charge is 2.27. The molecule has 0 aliphatic heterocycles. The summed E-state index contributed by atoms with van der Waals surface area (Å²) in [6.07, 6.45) is 4.79. The SMILES string of the molecule is Cc1ccncc1C(=O)N[C@@H](CCCCNC(=O)C(C#N)=CC(C)C)C(=O)N[C@@H](Cc1ccccc1)OB(O)O. The lowest BCUT2D eigenvalue weighted by Crippen LogP contribution is -2.52. The third-order valence-electron chi connectivity index (χ3n) is 5.83. The van der Waals surface area contributed by atoms with Crippen LogP contribution in [0.4, 0.5) is 0 Å². The number of nitriles is 1. The van der Waals surface area contributed by atoms with Gasteiger partial charge < -0.3 is 30.7 Å². The predicted molar refractivity (Wildman–Crippen MR) is 149 cm³/mol. The Morgan fingerprint density at radius 3 is 2.48 bits per heavy atom. The quantitative estimate of drug-likeness (QED) is 0.0732. The second-order valence-corrected chi connectivity index (χ2v) is 9.55. The molecule has 0 unspecified atom stereocenters. The minimum atomic E-state index is -2.12. The Morgan fingerprint density at radius 1 is 1.12 bits per heavy atom. The Bertz CT molecular complexity index is 1200. The molecule has 1 heterocycles. The van der Waals surface area contributed by atoms with Crippen molar-refractivity contribution in [3.05, 3.63) is 77.1 Å². The Balaban J connectivity index is 2.08. The Morgan fingerprint density at radius 2 is 1.85 bits per heavy atom. The highest BCUT2D eigenvalue weighted by Crippen LogP contribution is 2.10. The van der Waals surface area contributed by atoms with E-state index in [1.54, 1.807) is 49.5 Å². The first-order chi connectivity index (χ1) is 19.1. The minimum absolute atomic E-state index is 0.0434. The summed E-state index contributed by atoms with van der Waals surface area (Å²) in [5.74, 6) is -1.48. The summed E-state index contributed by atoms with van der Waals surface area (Å²) in [5, 5.41) is 36.0. The molecule has 1 aromatic carbocycles. The maximum atomic E-state index is 13.3. The van der Waals surface area contributed by atoms with E-state index < -0.39 is 37.3 Å². The van der Waals surface area contributed by atoms with Crippen molar-refractivity contribution < 1.29 is 29.1 Å². The van der Waals surface area contributed by atoms with E-state index in [1.165, 1.54) is 6.20 Å². The molecule has 0 radical (unpaired) electrons. The van der Waals surface area contributed by atoms with Crippen molar-refractivity contribution in [1.29, 1.82) is 5.26 Å². The van der Waals surface area contributed by atoms with Crippen molar-refractivity contribution in [2.24, 2.45) is 5.92 Å². The first-order valence-electron chi connectivity index (χ1n) is 13.1. The van der Waals surface area contributed by atoms with Gasteiger partial charge in [0.25, 0.3) is 11.8 Å². The molecule has 0 aliphatic rings. The minimum Gasteiger partial charge on any atom is -0.402 e. The number of carbonyl (C=O) groups is 3. The number of nitrogens with zero attached hydrogens (tertiary/aromatic N) is 2. The molecule has 0 saturated carbocycles. The van der Waals surface area contributed by atoms with Gasteiger partial charge in [0.2, 0.25) is 5.91 Å². The second kappa shape index (κ2) is 16.8. The normalized spacial score (nSPS) is 12.7. The fraction of sp³-hybridized carbons (Fsp3) is 0.393. The van der Waals surface area contributed by atoms with Crippen molar-refractivity contribution in [3.8, 4) is 6.07 Å². The highest BCUT2D eigenvalue weighted by atomic mass is 16.6. The molecule has 12 heteroatoms. The zero-order valence-electron chi connectivity index (χ0n) is 23.0. The molecule has 0 fully saturated rings. The molecule has 2 aromatic rings. The fourth-order valence-electron chi connectivity index (χ4n) is 3.84. The summed E-state index contributed by atoms with van der Waals surface area (Å²) in [4.78, 5) is 42.5. The smallest absolute Gasteiger partial charge is 0.402 e. The van der Waals surface area contributed by atoms with E-state index in [0.29, 0.717) is 24.0 Å². The number of allylic oxidation sites excluding steroid dienone is 1. The van der Waals surface area contributed by atoms with Crippen molar-refractivity contribution in [3.63, 3.8) is 0 Å². The van der Waals surface area contributed by atoms with Crippen molar-refractivity contribution in [2.75, 3.05) is 6.54 Å². The molecule has 1 aromatic heterocycles. The average molecular weight is 549 g/mol. The summed E-state index contributed by atoms with van der Waals surface area (Å²) in [5.41, 5.74) is 1.84. The van der Waals surface area contributed by atoms with Gasteiger partial charge in [-0.05, 0) is 49.3 Å². The van der Waals surface area contributed by atoms with Gasteiger partial charge in [-0.25, -0.2) is 0 Å². The van der Waals surface area contributed by atoms with E-state index in [2.05, 4.69) is 20.9 Å². The van der Waals surface area contributed by atoms with Crippen LogP contribution in [0.25, 0.3) is 0 Å². The number of hydrogen-bond acceptors (Lipinski definition) is 8. The average Bonchev–Trinajstić information content (AvgIpc) is 2.90. The van der Waals surface area contributed by atoms with E-state index >= 15 is 0 Å². The van der Waals surface area contributed by atoms with Gasteiger partial charge in [-0.2, -0.15) is 5.26 Å². The van der Waals surface area contributed by atoms with Crippen LogP contribution in [0.5, 0.6) is 0 Å². The predicted octanol–water partition coefficient (Wildman–Crippen LogP) is 1.55. The molecule has 0 spiro atoms. The highest BCUT2D eigenvalue weighted by molar-refractivity contribution is 6.32. The van der Waals surface area contributed by atoms with Gasteiger partial charge in [0, 0.05) is 25.4 Å². The van der Waals surface area contributed by atoms with E-state index in [1.807, 2.05) is 26.0 Å². The van der Waals surface area contributed by atoms with Crippen LogP contribution in [-0.4, -0.2) is 58.9 Å². The summed E-state index contributed by atoms with van der Waals surface area (Å²) < 4.78 is 5.09. The molecule has 11 nitrogen and oxygen atoms in total. The molecule has 2 rings (SSSR count). The molecular formula is C28H36BN5O6. The van der Waals surface area contributed by atoms with Crippen LogP contribution in [0.3, 0.4) is 0 Å². The van der Waals surface area contributed by atoms with E-state index in [4.69, 9.17) is 4.65 Å². The molecule has 2 atom stereocenters. The Kier molecular flexibility index (Phi) is 13.5. The van der Waals surface area contributed by atoms with E-state index in [-0.39, 0.29) is 30.9 Å². The maximum absolute atomic E-state index is 13.3. The topological polar surface area (TPSA) is 174 Å². The number of nitrogens with one attached hydrogen (secondary N) is 3. The standard InChI is InChI=1S/C28H36BN5O6/c1-19(2)15-22(17-30)26(35)32-13-8-7-11-24(33-27(36)23-18-31-14-12-20(23)3)28(37)34-25(40-29(38)39)16-21-9-5-4-6-10-21/h4-6,9-10,12,14-15,18-19,24-25,38-39H,7-8,11,13,16H2,1-3H3,(H,32,35)(H,33,36)(H,34,37)/t24-,25+/m0/s1. The van der Waals surface area contributed by atoms with Crippen LogP contribution >= 0.6 is 0 Å². The first kappa shape index (κ1) is 32.2. The number of rotatable bonds is 15. The van der Waals surface area contributed by atoms with E-state index in [9.17, 15) is 29.7 Å². The van der Waals surface area contributed by atoms with Crippen LogP contribution in [0.1, 0.15) is 54.6 Å². The largest absolute Gasteiger partial charge is 0.635 e. The van der Waals surface area contributed by atoms with Gasteiger partial charge >= 0.3 is 7.32 Å². The molecule has 3 amide bonds. The van der Waals surface area contributed by atoms with Crippen molar-refractivity contribution in [1.82, 2.24) is 20.9 Å². The van der Waals surface area contributed by atoms with Gasteiger partial charge in [-0.1, -0.05) is 50.3 Å². The first-order valence-corrected chi connectivity index (χ1v) is 13.1. The van der Waals surface area contributed by atoms with Crippen molar-refractivity contribution in [2.45, 2.75) is 58.7 Å². The summed E-state index contributed by atoms with van der Waals surface area (Å²) >= 11 is 0. The Hall–Kier alpha value is -4.05. The number of aryl methyl sites for hydroxylation is 1. The van der Waals surface area contributed by atoms with Crippen LogP contribution in [-0.2, 0) is 20.7 Å². The summed E-state index contributed by atoms with van der Waals surface area (Å²) in [6, 6.07) is 11.6. The number of hydrogen-bond donors (Lipinski definition) is 5. The molecular weight excluding hydrogens is 513 g/mol. The monoisotopic (exact) mass is 549 g/mol. The molecule has 40 heavy (non-hydrogen) atoms. The number of amides is 3. The van der Waals surface area contributed by atoms with Gasteiger partial charge in [-0.3, -0.25) is 19.4 Å². The number of pyridine rings is 1. The number of carbonyl (C=O) groups excluding carboxylic acids is 3. The molecule has 5 N–H and O–H groups in total. The Labute approximate surface area is 234 Å². The van der Waals surface area contributed by atoms with Gasteiger partial charge in [-0.15, -0.1) is 0 Å². The molecule has 212 valence electrons. The van der Waals surface area contributed by atoms with Crippen LogP contribution in [0.2, 0.25) is 0 Å². The lowest BCUT2D eigenvalue weighted by atomic mass is 10.1. The zero-order chi connectivity index (χ0) is 29.5.